The van der Waals surface area contributed by atoms with Crippen molar-refractivity contribution in [2.24, 2.45) is 41.4 Å². The fourth-order valence-electron chi connectivity index (χ4n) is 11.2. The van der Waals surface area contributed by atoms with Crippen LogP contribution in [0.25, 0.3) is 0 Å². The molecule has 22 atom stereocenters. The predicted octanol–water partition coefficient (Wildman–Crippen LogP) is 5.97. The van der Waals surface area contributed by atoms with Gasteiger partial charge < -0.3 is 66.8 Å². The highest BCUT2D eigenvalue weighted by molar-refractivity contribution is 5.89. The maximum atomic E-state index is 15.3. The molecule has 0 radical (unpaired) electrons. The molecule has 0 unspecified atom stereocenters. The summed E-state index contributed by atoms with van der Waals surface area (Å²) in [5.41, 5.74) is -1.44. The molecule has 0 aliphatic carbocycles. The summed E-state index contributed by atoms with van der Waals surface area (Å²) >= 11 is 0. The van der Waals surface area contributed by atoms with Gasteiger partial charge in [-0.05, 0) is 78.8 Å². The lowest BCUT2D eigenvalue weighted by molar-refractivity contribution is -0.307. The highest BCUT2D eigenvalue weighted by Gasteiger charge is 2.52. The topological polar surface area (TPSA) is 220 Å². The van der Waals surface area contributed by atoms with Crippen LogP contribution in [-0.2, 0) is 80.8 Å². The second-order valence-electron chi connectivity index (χ2n) is 22.4. The summed E-state index contributed by atoms with van der Waals surface area (Å²) in [5, 5.41) is 12.5. The van der Waals surface area contributed by atoms with Crippen LogP contribution in [0.5, 0.6) is 0 Å². The lowest BCUT2D eigenvalue weighted by Gasteiger charge is -2.45. The molecule has 4 aliphatic rings. The average molecular weight is 1040 g/mol. The first kappa shape index (κ1) is 62.4. The van der Waals surface area contributed by atoms with E-state index >= 15 is 4.79 Å². The van der Waals surface area contributed by atoms with Crippen LogP contribution in [0.15, 0.2) is 12.2 Å². The van der Waals surface area contributed by atoms with Gasteiger partial charge in [0.25, 0.3) is 0 Å². The van der Waals surface area contributed by atoms with Crippen LogP contribution in [0.1, 0.15) is 130 Å². The van der Waals surface area contributed by atoms with Crippen LogP contribution in [0, 0.1) is 41.4 Å². The summed E-state index contributed by atoms with van der Waals surface area (Å²) < 4.78 is 75.4. The molecule has 0 spiro atoms. The molecule has 4 heterocycles. The van der Waals surface area contributed by atoms with Crippen molar-refractivity contribution in [1.29, 1.82) is 0 Å². The van der Waals surface area contributed by atoms with Gasteiger partial charge in [0.15, 0.2) is 36.9 Å². The van der Waals surface area contributed by atoms with Crippen LogP contribution in [0.3, 0.4) is 0 Å². The maximum Gasteiger partial charge on any atom is 0.311 e. The zero-order valence-corrected chi connectivity index (χ0v) is 47.0. The average Bonchev–Trinajstić information content (AvgIpc) is 3.41. The summed E-state index contributed by atoms with van der Waals surface area (Å²) in [7, 11) is 4.94. The molecular weight excluding hydrogens is 951 g/mol. The number of ether oxygens (including phenoxy) is 12. The van der Waals surface area contributed by atoms with E-state index in [2.05, 4.69) is 18.4 Å². The Kier molecular flexibility index (Phi) is 23.3. The number of hydrogen-bond acceptors (Lipinski definition) is 19. The van der Waals surface area contributed by atoms with Crippen LogP contribution in [0.4, 0.5) is 0 Å². The molecule has 4 fully saturated rings. The van der Waals surface area contributed by atoms with Crippen molar-refractivity contribution in [3.05, 3.63) is 12.2 Å². The van der Waals surface area contributed by atoms with E-state index in [-0.39, 0.29) is 43.6 Å². The number of rotatable bonds is 15. The normalized spacial score (nSPS) is 41.2. The quantitative estimate of drug-likeness (QED) is 0.113. The molecule has 4 aliphatic heterocycles. The Balaban J connectivity index is 1.89. The smallest absolute Gasteiger partial charge is 0.311 e. The number of ketones is 1. The number of esters is 4. The maximum absolute atomic E-state index is 15.3. The van der Waals surface area contributed by atoms with Gasteiger partial charge >= 0.3 is 23.9 Å². The van der Waals surface area contributed by atoms with Crippen molar-refractivity contribution in [3.63, 3.8) is 0 Å². The van der Waals surface area contributed by atoms with Crippen molar-refractivity contribution in [3.8, 4) is 0 Å². The molecule has 0 aromatic rings. The van der Waals surface area contributed by atoms with Gasteiger partial charge in [-0.15, -0.1) is 0 Å². The van der Waals surface area contributed by atoms with Crippen LogP contribution in [0.2, 0.25) is 0 Å². The molecule has 0 aromatic heterocycles. The monoisotopic (exact) mass is 1040 g/mol. The summed E-state index contributed by atoms with van der Waals surface area (Å²) in [5.74, 6) is -8.07. The van der Waals surface area contributed by atoms with Gasteiger partial charge in [-0.25, -0.2) is 0 Å². The van der Waals surface area contributed by atoms with Crippen LogP contribution in [-0.4, -0.2) is 172 Å². The second kappa shape index (κ2) is 27.3. The Morgan fingerprint density at radius 2 is 1.40 bits per heavy atom. The first-order valence-corrected chi connectivity index (χ1v) is 26.3. The van der Waals surface area contributed by atoms with Crippen molar-refractivity contribution < 1.29 is 85.9 Å². The van der Waals surface area contributed by atoms with Gasteiger partial charge in [0.2, 0.25) is 0 Å². The van der Waals surface area contributed by atoms with Gasteiger partial charge in [-0.1, -0.05) is 55.0 Å². The Morgan fingerprint density at radius 1 is 0.767 bits per heavy atom. The largest absolute Gasteiger partial charge is 0.461 e. The summed E-state index contributed by atoms with van der Waals surface area (Å²) in [6.07, 6.45) is -11.2. The van der Waals surface area contributed by atoms with E-state index in [9.17, 15) is 24.3 Å². The molecule has 4 saturated heterocycles. The Bertz CT molecular complexity index is 1840. The minimum Gasteiger partial charge on any atom is -0.461 e. The van der Waals surface area contributed by atoms with E-state index in [1.807, 2.05) is 48.6 Å². The number of likely N-dealkylation sites (N-methyl/N-ethyl adjacent to an activating group) is 1. The molecule has 0 bridgehead atoms. The number of nitrogens with zero attached hydrogens (tertiary/aromatic N) is 1. The lowest BCUT2D eigenvalue weighted by atomic mass is 9.74. The van der Waals surface area contributed by atoms with Gasteiger partial charge in [-0.2, -0.15) is 0 Å². The Labute approximate surface area is 434 Å². The number of carbonyl (C=O) groups is 5. The number of Topliss-reactive ketones (excluding diaryl/α,β-unsaturated/α-hetero) is 1. The molecule has 420 valence electrons. The van der Waals surface area contributed by atoms with Crippen molar-refractivity contribution >= 4 is 29.7 Å². The molecule has 0 saturated carbocycles. The number of carbonyl (C=O) groups excluding carboxylic acids is 5. The van der Waals surface area contributed by atoms with Gasteiger partial charge in [0, 0.05) is 71.2 Å². The molecule has 19 nitrogen and oxygen atoms in total. The predicted molar refractivity (Wildman–Crippen MR) is 266 cm³/mol. The SMILES string of the molecule is C=C1C[C@@H](C)O[C@@H](O[C@@H]2[C@@H](C)[C@H](O[C@H]3C[C@H](C)N(C)C[C@H](C)O3)[C@@H](C)C(=O)O[C@H]([C@@H](C)CO[C@@H]3O[C@H](C)[C@@H](OC(C)=O)[C@@H](OC)[C@H]3OC)[C@H](C)[C@@H](OC(=O)CC(C)C)[C@@H](C)C(=O)[C@@](C)(O)C[C@@H]2C)[C@@H]1OC(C)=O. The van der Waals surface area contributed by atoms with E-state index in [1.54, 1.807) is 34.6 Å². The van der Waals surface area contributed by atoms with Crippen molar-refractivity contribution in [2.75, 3.05) is 34.4 Å². The van der Waals surface area contributed by atoms with E-state index in [0.717, 1.165) is 0 Å². The number of aliphatic hydroxyl groups is 1. The third-order valence-electron chi connectivity index (χ3n) is 15.1. The fourth-order valence-corrected chi connectivity index (χ4v) is 11.2. The van der Waals surface area contributed by atoms with Crippen LogP contribution >= 0.6 is 0 Å². The number of cyclic esters (lactones) is 1. The number of hydrogen-bond donors (Lipinski definition) is 1. The fraction of sp³-hybridized carbons (Fsp3) is 0.870. The van der Waals surface area contributed by atoms with Crippen molar-refractivity contribution in [1.82, 2.24) is 4.90 Å². The zero-order valence-electron chi connectivity index (χ0n) is 47.0. The lowest BCUT2D eigenvalue weighted by Crippen LogP contribution is -2.60. The van der Waals surface area contributed by atoms with E-state index in [4.69, 9.17) is 56.8 Å². The van der Waals surface area contributed by atoms with Gasteiger partial charge in [0.1, 0.15) is 30.0 Å². The first-order valence-electron chi connectivity index (χ1n) is 26.3. The molecule has 73 heavy (non-hydrogen) atoms. The van der Waals surface area contributed by atoms with Gasteiger partial charge in [0.05, 0.1) is 49.0 Å². The first-order chi connectivity index (χ1) is 34.0. The highest BCUT2D eigenvalue weighted by Crippen LogP contribution is 2.40. The van der Waals surface area contributed by atoms with E-state index in [0.29, 0.717) is 25.0 Å². The van der Waals surface area contributed by atoms with E-state index < -0.39 is 145 Å². The Hall–Kier alpha value is -3.11. The third-order valence-corrected chi connectivity index (χ3v) is 15.1. The molecule has 0 aromatic carbocycles. The standard InChI is InChI=1S/C54H91NO18/c1-26(2)20-40(58)70-45-34(10)43(29(5)25-64-52-49(63-19)48(62-18)47(37(13)67-52)69-39(15)57)72-51(60)36(12)46(71-41-22-30(6)55(17)24-32(8)65-41)33(9)42(28(4)23-54(16,61)50(59)35(45)11)73-53-44(68-38(14)56)27(3)21-31(7)66-53/h26,28-37,41-49,52-53,61H,3,20-25H2,1-2,4-19H3/t28-,29-,30-,31+,32-,33+,34-,35+,36+,37+,41-,42-,43+,44+,45+,46-,47+,48+,49+,52+,53-,54-/m0/s1. The highest BCUT2D eigenvalue weighted by atomic mass is 16.7. The van der Waals surface area contributed by atoms with E-state index in [1.165, 1.54) is 35.0 Å². The number of methoxy groups -OCH3 is 2. The molecule has 4 rings (SSSR count). The second-order valence-corrected chi connectivity index (χ2v) is 22.4. The molecule has 19 heteroatoms. The van der Waals surface area contributed by atoms with Gasteiger partial charge in [-0.3, -0.25) is 24.0 Å². The third kappa shape index (κ3) is 16.4. The Morgan fingerprint density at radius 3 is 1.99 bits per heavy atom. The molecule has 0 amide bonds. The molecule has 1 N–H and O–H groups in total. The van der Waals surface area contributed by atoms with Crippen molar-refractivity contribution in [2.45, 2.75) is 227 Å². The minimum absolute atomic E-state index is 0.0368. The summed E-state index contributed by atoms with van der Waals surface area (Å²) in [6, 6.07) is 0.0368. The summed E-state index contributed by atoms with van der Waals surface area (Å²) in [4.78, 5) is 70.7. The summed E-state index contributed by atoms with van der Waals surface area (Å²) in [6.45, 7) is 30.7. The molecular formula is C54H91NO18. The van der Waals surface area contributed by atoms with Crippen LogP contribution < -0.4 is 0 Å². The minimum atomic E-state index is -2.03. The zero-order chi connectivity index (χ0) is 55.0.